The molecule has 0 aliphatic rings. The topological polar surface area (TPSA) is 94.3 Å². The smallest absolute Gasteiger partial charge is 0.269 e. The Bertz CT molecular complexity index is 596. The van der Waals surface area contributed by atoms with Crippen molar-refractivity contribution in [2.75, 3.05) is 5.75 Å². The maximum atomic E-state index is 12.0. The van der Waals surface area contributed by atoms with Gasteiger partial charge in [-0.05, 0) is 12.1 Å². The quantitative estimate of drug-likeness (QED) is 0.622. The highest BCUT2D eigenvalue weighted by molar-refractivity contribution is 7.92. The molecule has 1 aromatic carbocycles. The Hall–Kier alpha value is -1.76. The number of non-ortho nitro benzene ring substituents is 1. The first-order valence-electron chi connectivity index (χ1n) is 5.54. The van der Waals surface area contributed by atoms with Gasteiger partial charge in [-0.2, -0.15) is 0 Å². The number of hydrogen-bond donors (Lipinski definition) is 0. The van der Waals surface area contributed by atoms with E-state index in [-0.39, 0.29) is 10.6 Å². The molecule has 0 N–H and O–H groups in total. The summed E-state index contributed by atoms with van der Waals surface area (Å²) < 4.78 is 24.0. The van der Waals surface area contributed by atoms with Crippen LogP contribution in [0.4, 0.5) is 5.69 Å². The van der Waals surface area contributed by atoms with E-state index in [0.717, 1.165) is 24.3 Å². The van der Waals surface area contributed by atoms with Crippen molar-refractivity contribution in [3.05, 3.63) is 34.4 Å². The van der Waals surface area contributed by atoms with Gasteiger partial charge in [0.05, 0.1) is 9.82 Å². The molecule has 19 heavy (non-hydrogen) atoms. The lowest BCUT2D eigenvalue weighted by Gasteiger charge is -2.16. The van der Waals surface area contributed by atoms with Crippen LogP contribution in [0.15, 0.2) is 29.2 Å². The zero-order valence-corrected chi connectivity index (χ0v) is 11.7. The van der Waals surface area contributed by atoms with Crippen molar-refractivity contribution in [3.8, 4) is 0 Å². The molecular formula is C12H15NO5S. The number of nitro benzene ring substituents is 1. The van der Waals surface area contributed by atoms with Crippen LogP contribution >= 0.6 is 0 Å². The Kier molecular flexibility index (Phi) is 4.09. The van der Waals surface area contributed by atoms with Gasteiger partial charge in [-0.15, -0.1) is 0 Å². The largest absolute Gasteiger partial charge is 0.298 e. The Morgan fingerprint density at radius 3 is 2.05 bits per heavy atom. The predicted octanol–water partition coefficient (Wildman–Crippen LogP) is 1.98. The minimum absolute atomic E-state index is 0.0873. The van der Waals surface area contributed by atoms with Gasteiger partial charge < -0.3 is 0 Å². The van der Waals surface area contributed by atoms with E-state index in [2.05, 4.69) is 0 Å². The summed E-state index contributed by atoms with van der Waals surface area (Å²) >= 11 is 0. The van der Waals surface area contributed by atoms with Gasteiger partial charge in [0.1, 0.15) is 5.75 Å². The third-order valence-electron chi connectivity index (χ3n) is 2.56. The number of benzene rings is 1. The standard InChI is InChI=1S/C12H15NO5S/c1-12(2,3)11(14)8-19(17,18)10-6-4-9(5-7-10)13(15)16/h4-7H,8H2,1-3H3. The predicted molar refractivity (Wildman–Crippen MR) is 69.6 cm³/mol. The number of Topliss-reactive ketones (excluding diaryl/α,β-unsaturated/α-hetero) is 1. The van der Waals surface area contributed by atoms with Gasteiger partial charge in [0.25, 0.3) is 5.69 Å². The van der Waals surface area contributed by atoms with Gasteiger partial charge in [0.2, 0.25) is 0 Å². The molecule has 0 amide bonds. The van der Waals surface area contributed by atoms with Crippen LogP contribution in [-0.2, 0) is 14.6 Å². The summed E-state index contributed by atoms with van der Waals surface area (Å²) in [5.41, 5.74) is -0.936. The first-order valence-corrected chi connectivity index (χ1v) is 7.20. The molecule has 0 aliphatic heterocycles. The third kappa shape index (κ3) is 3.85. The number of carbonyl (C=O) groups is 1. The number of nitrogens with zero attached hydrogens (tertiary/aromatic N) is 1. The molecular weight excluding hydrogens is 270 g/mol. The lowest BCUT2D eigenvalue weighted by Crippen LogP contribution is -2.28. The van der Waals surface area contributed by atoms with Crippen molar-refractivity contribution < 1.29 is 18.1 Å². The monoisotopic (exact) mass is 285 g/mol. The van der Waals surface area contributed by atoms with Gasteiger partial charge in [0.15, 0.2) is 15.6 Å². The van der Waals surface area contributed by atoms with Crippen molar-refractivity contribution >= 4 is 21.3 Å². The van der Waals surface area contributed by atoms with Crippen LogP contribution < -0.4 is 0 Å². The van der Waals surface area contributed by atoms with Gasteiger partial charge in [-0.3, -0.25) is 14.9 Å². The van der Waals surface area contributed by atoms with Crippen molar-refractivity contribution in [1.29, 1.82) is 0 Å². The fraction of sp³-hybridized carbons (Fsp3) is 0.417. The molecule has 0 radical (unpaired) electrons. The molecule has 0 saturated heterocycles. The van der Waals surface area contributed by atoms with Crippen LogP contribution in [0.5, 0.6) is 0 Å². The number of rotatable bonds is 4. The van der Waals surface area contributed by atoms with Gasteiger partial charge in [-0.25, -0.2) is 8.42 Å². The van der Waals surface area contributed by atoms with Crippen LogP contribution in [0, 0.1) is 15.5 Å². The molecule has 0 saturated carbocycles. The first-order chi connectivity index (χ1) is 8.54. The summed E-state index contributed by atoms with van der Waals surface area (Å²) in [6.07, 6.45) is 0. The normalized spacial score (nSPS) is 12.2. The lowest BCUT2D eigenvalue weighted by atomic mass is 9.92. The SMILES string of the molecule is CC(C)(C)C(=O)CS(=O)(=O)c1ccc([N+](=O)[O-])cc1. The van der Waals surface area contributed by atoms with Crippen molar-refractivity contribution in [2.24, 2.45) is 5.41 Å². The minimum Gasteiger partial charge on any atom is -0.298 e. The maximum absolute atomic E-state index is 12.0. The van der Waals surface area contributed by atoms with Crippen molar-refractivity contribution in [1.82, 2.24) is 0 Å². The fourth-order valence-electron chi connectivity index (χ4n) is 1.25. The zero-order chi connectivity index (χ0) is 14.8. The summed E-state index contributed by atoms with van der Waals surface area (Å²) in [7, 11) is -3.76. The van der Waals surface area contributed by atoms with E-state index in [1.165, 1.54) is 0 Å². The lowest BCUT2D eigenvalue weighted by molar-refractivity contribution is -0.384. The van der Waals surface area contributed by atoms with E-state index in [1.807, 2.05) is 0 Å². The van der Waals surface area contributed by atoms with Crippen LogP contribution in [0.25, 0.3) is 0 Å². The average molecular weight is 285 g/mol. The Balaban J connectivity index is 3.02. The first kappa shape index (κ1) is 15.3. The molecule has 0 aromatic heterocycles. The highest BCUT2D eigenvalue weighted by Crippen LogP contribution is 2.21. The molecule has 7 heteroatoms. The minimum atomic E-state index is -3.76. The summed E-state index contributed by atoms with van der Waals surface area (Å²) in [5.74, 6) is -1.00. The van der Waals surface area contributed by atoms with Crippen LogP contribution in [0.2, 0.25) is 0 Å². The fourth-order valence-corrected chi connectivity index (χ4v) is 2.74. The molecule has 0 heterocycles. The number of sulfone groups is 1. The van der Waals surface area contributed by atoms with E-state index in [9.17, 15) is 23.3 Å². The number of nitro groups is 1. The highest BCUT2D eigenvalue weighted by Gasteiger charge is 2.28. The van der Waals surface area contributed by atoms with E-state index < -0.39 is 31.7 Å². The molecule has 0 unspecified atom stereocenters. The second kappa shape index (κ2) is 5.08. The van der Waals surface area contributed by atoms with Gasteiger partial charge in [0, 0.05) is 17.5 Å². The molecule has 0 bridgehead atoms. The number of hydrogen-bond acceptors (Lipinski definition) is 5. The second-order valence-electron chi connectivity index (χ2n) is 5.18. The van der Waals surface area contributed by atoms with Crippen LogP contribution in [0.3, 0.4) is 0 Å². The zero-order valence-electron chi connectivity index (χ0n) is 10.9. The molecule has 0 fully saturated rings. The molecule has 0 spiro atoms. The Morgan fingerprint density at radius 2 is 1.68 bits per heavy atom. The van der Waals surface area contributed by atoms with Gasteiger partial charge >= 0.3 is 0 Å². The van der Waals surface area contributed by atoms with E-state index in [4.69, 9.17) is 0 Å². The third-order valence-corrected chi connectivity index (χ3v) is 4.20. The van der Waals surface area contributed by atoms with Crippen LogP contribution in [-0.4, -0.2) is 24.9 Å². The average Bonchev–Trinajstić information content (AvgIpc) is 2.27. The second-order valence-corrected chi connectivity index (χ2v) is 7.17. The molecule has 0 atom stereocenters. The van der Waals surface area contributed by atoms with E-state index in [1.54, 1.807) is 20.8 Å². The molecule has 1 aromatic rings. The molecule has 0 aliphatic carbocycles. The van der Waals surface area contributed by atoms with Crippen molar-refractivity contribution in [2.45, 2.75) is 25.7 Å². The number of ketones is 1. The van der Waals surface area contributed by atoms with E-state index >= 15 is 0 Å². The number of carbonyl (C=O) groups excluding carboxylic acids is 1. The Morgan fingerprint density at radius 1 is 1.21 bits per heavy atom. The summed E-state index contributed by atoms with van der Waals surface area (Å²) in [5, 5.41) is 10.5. The summed E-state index contributed by atoms with van der Waals surface area (Å²) in [4.78, 5) is 21.5. The highest BCUT2D eigenvalue weighted by atomic mass is 32.2. The molecule has 104 valence electrons. The van der Waals surface area contributed by atoms with Gasteiger partial charge in [-0.1, -0.05) is 20.8 Å². The Labute approximate surface area is 111 Å². The van der Waals surface area contributed by atoms with E-state index in [0.29, 0.717) is 0 Å². The summed E-state index contributed by atoms with van der Waals surface area (Å²) in [6, 6.07) is 4.50. The van der Waals surface area contributed by atoms with Crippen molar-refractivity contribution in [3.63, 3.8) is 0 Å². The van der Waals surface area contributed by atoms with Crippen LogP contribution in [0.1, 0.15) is 20.8 Å². The maximum Gasteiger partial charge on any atom is 0.269 e. The molecule has 6 nitrogen and oxygen atoms in total. The summed E-state index contributed by atoms with van der Waals surface area (Å²) in [6.45, 7) is 4.92. The molecule has 1 rings (SSSR count).